The number of fused-ring (bicyclic) bond motifs is 1. The zero-order chi connectivity index (χ0) is 23.2. The van der Waals surface area contributed by atoms with E-state index in [4.69, 9.17) is 9.47 Å². The van der Waals surface area contributed by atoms with Gasteiger partial charge in [-0.2, -0.15) is 0 Å². The van der Waals surface area contributed by atoms with Gasteiger partial charge in [-0.15, -0.1) is 0 Å². The minimum atomic E-state index is -0.362. The highest BCUT2D eigenvalue weighted by Crippen LogP contribution is 2.33. The Kier molecular flexibility index (Phi) is 6.25. The van der Waals surface area contributed by atoms with Crippen LogP contribution in [-0.2, 0) is 6.61 Å². The Morgan fingerprint density at radius 1 is 0.735 bits per heavy atom. The molecule has 0 aliphatic carbocycles. The maximum Gasteiger partial charge on any atom is 0.149 e. The number of pyridine rings is 3. The molecule has 0 saturated carbocycles. The molecule has 0 fully saturated rings. The Hall–Kier alpha value is -4.51. The number of aromatic nitrogens is 3. The third kappa shape index (κ3) is 4.94. The molecule has 5 nitrogen and oxygen atoms in total. The van der Waals surface area contributed by atoms with E-state index >= 15 is 0 Å². The standard InChI is InChI=1S/C29H23N3O2/c1-21(29(24-12-16-30-17-13-24)34-27-14-18-31-19-15-27)22-7-10-26(11-8-22)33-20-25-9-6-23-4-2-3-5-28(23)32-25/h2-19,29H,1,20H2. The monoisotopic (exact) mass is 445 g/mol. The fourth-order valence-corrected chi connectivity index (χ4v) is 3.69. The highest BCUT2D eigenvalue weighted by molar-refractivity contribution is 5.78. The van der Waals surface area contributed by atoms with Crippen LogP contribution in [0.15, 0.2) is 116 Å². The molecule has 5 rings (SSSR count). The van der Waals surface area contributed by atoms with E-state index in [0.29, 0.717) is 6.61 Å². The Labute approximate surface area is 198 Å². The van der Waals surface area contributed by atoms with Gasteiger partial charge >= 0.3 is 0 Å². The molecule has 0 saturated heterocycles. The molecule has 1 unspecified atom stereocenters. The minimum Gasteiger partial charge on any atom is -0.487 e. The third-order valence-corrected chi connectivity index (χ3v) is 5.50. The van der Waals surface area contributed by atoms with Crippen molar-refractivity contribution in [3.05, 3.63) is 133 Å². The van der Waals surface area contributed by atoms with Crippen molar-refractivity contribution >= 4 is 16.5 Å². The fourth-order valence-electron chi connectivity index (χ4n) is 3.69. The number of hydrogen-bond acceptors (Lipinski definition) is 5. The van der Waals surface area contributed by atoms with E-state index in [1.54, 1.807) is 24.8 Å². The highest BCUT2D eigenvalue weighted by Gasteiger charge is 2.19. The summed E-state index contributed by atoms with van der Waals surface area (Å²) in [6, 6.07) is 27.5. The van der Waals surface area contributed by atoms with Crippen LogP contribution in [0, 0.1) is 0 Å². The van der Waals surface area contributed by atoms with Gasteiger partial charge in [0.05, 0.1) is 11.2 Å². The summed E-state index contributed by atoms with van der Waals surface area (Å²) in [6.45, 7) is 4.74. The van der Waals surface area contributed by atoms with Crippen molar-refractivity contribution in [1.29, 1.82) is 0 Å². The molecule has 166 valence electrons. The van der Waals surface area contributed by atoms with Crippen molar-refractivity contribution in [3.63, 3.8) is 0 Å². The van der Waals surface area contributed by atoms with Gasteiger partial charge in [0.2, 0.25) is 0 Å². The first-order valence-corrected chi connectivity index (χ1v) is 11.0. The Balaban J connectivity index is 1.30. The van der Waals surface area contributed by atoms with Crippen LogP contribution in [0.1, 0.15) is 22.9 Å². The molecule has 5 aromatic rings. The average Bonchev–Trinajstić information content (AvgIpc) is 2.91. The first-order chi connectivity index (χ1) is 16.8. The normalized spacial score (nSPS) is 11.6. The average molecular weight is 446 g/mol. The van der Waals surface area contributed by atoms with Gasteiger partial charge in [-0.1, -0.05) is 43.0 Å². The van der Waals surface area contributed by atoms with Crippen LogP contribution in [0.5, 0.6) is 11.5 Å². The van der Waals surface area contributed by atoms with Crippen molar-refractivity contribution in [2.75, 3.05) is 0 Å². The molecule has 34 heavy (non-hydrogen) atoms. The molecule has 0 bridgehead atoms. The molecular weight excluding hydrogens is 422 g/mol. The van der Waals surface area contributed by atoms with Gasteiger partial charge in [0, 0.05) is 30.2 Å². The first kappa shape index (κ1) is 21.3. The summed E-state index contributed by atoms with van der Waals surface area (Å²) in [7, 11) is 0. The largest absolute Gasteiger partial charge is 0.487 e. The molecule has 0 amide bonds. The predicted octanol–water partition coefficient (Wildman–Crippen LogP) is 6.44. The van der Waals surface area contributed by atoms with E-state index < -0.39 is 0 Å². The fraction of sp³-hybridized carbons (Fsp3) is 0.0690. The molecular formula is C29H23N3O2. The van der Waals surface area contributed by atoms with Crippen molar-refractivity contribution < 1.29 is 9.47 Å². The highest BCUT2D eigenvalue weighted by atomic mass is 16.5. The second-order valence-corrected chi connectivity index (χ2v) is 7.79. The second-order valence-electron chi connectivity index (χ2n) is 7.79. The van der Waals surface area contributed by atoms with Crippen LogP contribution in [0.4, 0.5) is 0 Å². The Morgan fingerprint density at radius 3 is 2.21 bits per heavy atom. The van der Waals surface area contributed by atoms with E-state index in [1.165, 1.54) is 0 Å². The van der Waals surface area contributed by atoms with Crippen LogP contribution in [0.3, 0.4) is 0 Å². The van der Waals surface area contributed by atoms with Gasteiger partial charge in [0.15, 0.2) is 0 Å². The molecule has 0 aliphatic rings. The van der Waals surface area contributed by atoms with Gasteiger partial charge in [-0.3, -0.25) is 9.97 Å². The zero-order valence-electron chi connectivity index (χ0n) is 18.5. The van der Waals surface area contributed by atoms with E-state index in [1.807, 2.05) is 72.8 Å². The zero-order valence-corrected chi connectivity index (χ0v) is 18.5. The smallest absolute Gasteiger partial charge is 0.149 e. The summed E-state index contributed by atoms with van der Waals surface area (Å²) < 4.78 is 12.3. The number of rotatable bonds is 8. The van der Waals surface area contributed by atoms with E-state index in [2.05, 4.69) is 33.7 Å². The van der Waals surface area contributed by atoms with E-state index in [0.717, 1.165) is 44.8 Å². The molecule has 2 aromatic carbocycles. The van der Waals surface area contributed by atoms with Gasteiger partial charge < -0.3 is 9.47 Å². The number of benzene rings is 2. The second kappa shape index (κ2) is 9.96. The molecule has 0 N–H and O–H groups in total. The summed E-state index contributed by atoms with van der Waals surface area (Å²) in [5.74, 6) is 1.49. The lowest BCUT2D eigenvalue weighted by Crippen LogP contribution is -2.10. The molecule has 0 spiro atoms. The van der Waals surface area contributed by atoms with Gasteiger partial charge in [-0.05, 0) is 65.2 Å². The van der Waals surface area contributed by atoms with Crippen LogP contribution < -0.4 is 9.47 Å². The molecule has 3 aromatic heterocycles. The Morgan fingerprint density at radius 2 is 1.44 bits per heavy atom. The predicted molar refractivity (Wildman–Crippen MR) is 133 cm³/mol. The molecule has 0 aliphatic heterocycles. The number of para-hydroxylation sites is 1. The van der Waals surface area contributed by atoms with E-state index in [9.17, 15) is 0 Å². The summed E-state index contributed by atoms with van der Waals surface area (Å²) >= 11 is 0. The summed E-state index contributed by atoms with van der Waals surface area (Å²) in [6.07, 6.45) is 6.56. The van der Waals surface area contributed by atoms with Gasteiger partial charge in [0.1, 0.15) is 24.2 Å². The van der Waals surface area contributed by atoms with Crippen molar-refractivity contribution in [1.82, 2.24) is 15.0 Å². The summed E-state index contributed by atoms with van der Waals surface area (Å²) in [5.41, 5.74) is 4.62. The van der Waals surface area contributed by atoms with Crippen molar-refractivity contribution in [2.45, 2.75) is 12.7 Å². The quantitative estimate of drug-likeness (QED) is 0.275. The van der Waals surface area contributed by atoms with Crippen LogP contribution in [0.25, 0.3) is 16.5 Å². The SMILES string of the molecule is C=C(c1ccc(OCc2ccc3ccccc3n2)cc1)C(Oc1ccncc1)c1ccncc1. The summed E-state index contributed by atoms with van der Waals surface area (Å²) in [4.78, 5) is 12.9. The first-order valence-electron chi connectivity index (χ1n) is 11.0. The maximum absolute atomic E-state index is 6.28. The van der Waals surface area contributed by atoms with Gasteiger partial charge in [-0.25, -0.2) is 4.98 Å². The molecule has 5 heteroatoms. The lowest BCUT2D eigenvalue weighted by atomic mass is 9.97. The maximum atomic E-state index is 6.28. The Bertz CT molecular complexity index is 1390. The van der Waals surface area contributed by atoms with Crippen LogP contribution in [-0.4, -0.2) is 15.0 Å². The summed E-state index contributed by atoms with van der Waals surface area (Å²) in [5, 5.41) is 1.12. The van der Waals surface area contributed by atoms with Crippen LogP contribution in [0.2, 0.25) is 0 Å². The number of hydrogen-bond donors (Lipinski definition) is 0. The van der Waals surface area contributed by atoms with E-state index in [-0.39, 0.29) is 6.10 Å². The molecule has 3 heterocycles. The minimum absolute atomic E-state index is 0.362. The lowest BCUT2D eigenvalue weighted by molar-refractivity contribution is 0.264. The molecule has 0 radical (unpaired) electrons. The topological polar surface area (TPSA) is 57.1 Å². The van der Waals surface area contributed by atoms with Crippen LogP contribution >= 0.6 is 0 Å². The van der Waals surface area contributed by atoms with Crippen molar-refractivity contribution in [2.24, 2.45) is 0 Å². The molecule has 1 atom stereocenters. The van der Waals surface area contributed by atoms with Gasteiger partial charge in [0.25, 0.3) is 0 Å². The number of ether oxygens (including phenoxy) is 2. The third-order valence-electron chi connectivity index (χ3n) is 5.50. The lowest BCUT2D eigenvalue weighted by Gasteiger charge is -2.22. The number of nitrogens with zero attached hydrogens (tertiary/aromatic N) is 3. The van der Waals surface area contributed by atoms with Crippen molar-refractivity contribution in [3.8, 4) is 11.5 Å².